The lowest BCUT2D eigenvalue weighted by molar-refractivity contribution is 0.102. The van der Waals surface area contributed by atoms with E-state index in [9.17, 15) is 4.79 Å². The standard InChI is InChI=1S/C15H13N3OS/c1-9-4-10(6-11(16)5-9)15(19)18-12-2-3-13-14(7-12)20-8-17-13/h2-8H,16H2,1H3,(H,18,19). The number of anilines is 2. The summed E-state index contributed by atoms with van der Waals surface area (Å²) in [6.45, 7) is 1.91. The maximum Gasteiger partial charge on any atom is 0.255 e. The Bertz CT molecular complexity index is 774. The number of nitrogens with one attached hydrogen (secondary N) is 1. The van der Waals surface area contributed by atoms with Crippen LogP contribution in [0.25, 0.3) is 10.2 Å². The second-order valence-corrected chi connectivity index (χ2v) is 5.51. The predicted octanol–water partition coefficient (Wildman–Crippen LogP) is 3.44. The second kappa shape index (κ2) is 4.94. The zero-order valence-corrected chi connectivity index (χ0v) is 11.7. The fraction of sp³-hybridized carbons (Fsp3) is 0.0667. The van der Waals surface area contributed by atoms with Gasteiger partial charge in [-0.2, -0.15) is 0 Å². The number of aromatic nitrogens is 1. The third-order valence-corrected chi connectivity index (χ3v) is 3.74. The van der Waals surface area contributed by atoms with Gasteiger partial charge in [-0.3, -0.25) is 4.79 Å². The van der Waals surface area contributed by atoms with Gasteiger partial charge in [-0.15, -0.1) is 11.3 Å². The van der Waals surface area contributed by atoms with Gasteiger partial charge in [-0.1, -0.05) is 0 Å². The van der Waals surface area contributed by atoms with Crippen LogP contribution in [0.2, 0.25) is 0 Å². The van der Waals surface area contributed by atoms with Gasteiger partial charge in [-0.25, -0.2) is 4.98 Å². The van der Waals surface area contributed by atoms with E-state index in [2.05, 4.69) is 10.3 Å². The minimum atomic E-state index is -0.163. The third kappa shape index (κ3) is 2.48. The van der Waals surface area contributed by atoms with Crippen LogP contribution in [0.15, 0.2) is 41.9 Å². The lowest BCUT2D eigenvalue weighted by Crippen LogP contribution is -2.12. The summed E-state index contributed by atoms with van der Waals surface area (Å²) in [7, 11) is 0. The van der Waals surface area contributed by atoms with Crippen LogP contribution >= 0.6 is 11.3 Å². The first-order chi connectivity index (χ1) is 9.61. The van der Waals surface area contributed by atoms with E-state index >= 15 is 0 Å². The molecular weight excluding hydrogens is 270 g/mol. The Morgan fingerprint density at radius 1 is 1.25 bits per heavy atom. The summed E-state index contributed by atoms with van der Waals surface area (Å²) in [5.74, 6) is -0.163. The zero-order valence-electron chi connectivity index (χ0n) is 10.9. The number of nitrogen functional groups attached to an aromatic ring is 1. The van der Waals surface area contributed by atoms with E-state index in [0.717, 1.165) is 21.5 Å². The lowest BCUT2D eigenvalue weighted by atomic mass is 10.1. The summed E-state index contributed by atoms with van der Waals surface area (Å²) in [6, 6.07) is 11.0. The molecule has 0 spiro atoms. The number of fused-ring (bicyclic) bond motifs is 1. The van der Waals surface area contributed by atoms with Gasteiger partial charge < -0.3 is 11.1 Å². The van der Waals surface area contributed by atoms with Crippen molar-refractivity contribution in [2.45, 2.75) is 6.92 Å². The Morgan fingerprint density at radius 3 is 2.90 bits per heavy atom. The number of aryl methyl sites for hydroxylation is 1. The van der Waals surface area contributed by atoms with Gasteiger partial charge in [0.1, 0.15) is 0 Å². The van der Waals surface area contributed by atoms with Gasteiger partial charge in [0.25, 0.3) is 5.91 Å². The monoisotopic (exact) mass is 283 g/mol. The van der Waals surface area contributed by atoms with E-state index in [1.165, 1.54) is 0 Å². The summed E-state index contributed by atoms with van der Waals surface area (Å²) in [5, 5.41) is 2.88. The normalized spacial score (nSPS) is 10.7. The molecule has 0 fully saturated rings. The van der Waals surface area contributed by atoms with E-state index in [4.69, 9.17) is 5.73 Å². The number of rotatable bonds is 2. The Balaban J connectivity index is 1.87. The largest absolute Gasteiger partial charge is 0.399 e. The predicted molar refractivity (Wildman–Crippen MR) is 83.2 cm³/mol. The molecule has 0 unspecified atom stereocenters. The Morgan fingerprint density at radius 2 is 2.10 bits per heavy atom. The van der Waals surface area contributed by atoms with Crippen LogP contribution in [0, 0.1) is 6.92 Å². The first kappa shape index (κ1) is 12.6. The van der Waals surface area contributed by atoms with Crippen molar-refractivity contribution in [2.24, 2.45) is 0 Å². The maximum absolute atomic E-state index is 12.2. The average Bonchev–Trinajstić information content (AvgIpc) is 2.85. The Hall–Kier alpha value is -2.40. The van der Waals surface area contributed by atoms with Crippen molar-refractivity contribution in [3.63, 3.8) is 0 Å². The molecule has 0 bridgehead atoms. The van der Waals surface area contributed by atoms with Crippen molar-refractivity contribution in [2.75, 3.05) is 11.1 Å². The van der Waals surface area contributed by atoms with Crippen molar-refractivity contribution < 1.29 is 4.79 Å². The van der Waals surface area contributed by atoms with Crippen molar-refractivity contribution in [1.29, 1.82) is 0 Å². The number of benzene rings is 2. The van der Waals surface area contributed by atoms with E-state index in [1.54, 1.807) is 22.9 Å². The molecule has 0 aliphatic heterocycles. The lowest BCUT2D eigenvalue weighted by Gasteiger charge is -2.07. The number of amides is 1. The molecule has 0 aliphatic carbocycles. The summed E-state index contributed by atoms with van der Waals surface area (Å²) < 4.78 is 1.05. The van der Waals surface area contributed by atoms with Crippen LogP contribution in [0.5, 0.6) is 0 Å². The number of carbonyl (C=O) groups excluding carboxylic acids is 1. The van der Waals surface area contributed by atoms with E-state index in [0.29, 0.717) is 11.3 Å². The van der Waals surface area contributed by atoms with Crippen molar-refractivity contribution in [3.8, 4) is 0 Å². The SMILES string of the molecule is Cc1cc(N)cc(C(=O)Nc2ccc3ncsc3c2)c1. The van der Waals surface area contributed by atoms with Crippen molar-refractivity contribution >= 4 is 38.8 Å². The van der Waals surface area contributed by atoms with Crippen LogP contribution in [0.3, 0.4) is 0 Å². The van der Waals surface area contributed by atoms with Crippen molar-refractivity contribution in [3.05, 3.63) is 53.0 Å². The molecule has 3 rings (SSSR count). The maximum atomic E-state index is 12.2. The Labute approximate surface area is 120 Å². The molecule has 1 amide bonds. The number of carbonyl (C=O) groups is 1. The Kier molecular flexibility index (Phi) is 3.12. The second-order valence-electron chi connectivity index (χ2n) is 4.62. The first-order valence-corrected chi connectivity index (χ1v) is 7.01. The van der Waals surface area contributed by atoms with E-state index in [-0.39, 0.29) is 5.91 Å². The highest BCUT2D eigenvalue weighted by atomic mass is 32.1. The van der Waals surface area contributed by atoms with Crippen LogP contribution < -0.4 is 11.1 Å². The quantitative estimate of drug-likeness (QED) is 0.708. The molecule has 0 atom stereocenters. The van der Waals surface area contributed by atoms with Gasteiger partial charge in [0.05, 0.1) is 15.7 Å². The topological polar surface area (TPSA) is 68.0 Å². The number of thiazole rings is 1. The first-order valence-electron chi connectivity index (χ1n) is 6.13. The molecule has 0 aliphatic rings. The number of hydrogen-bond donors (Lipinski definition) is 2. The number of nitrogens with two attached hydrogens (primary N) is 1. The number of nitrogens with zero attached hydrogens (tertiary/aromatic N) is 1. The summed E-state index contributed by atoms with van der Waals surface area (Å²) in [6.07, 6.45) is 0. The van der Waals surface area contributed by atoms with Gasteiger partial charge in [-0.05, 0) is 48.9 Å². The molecule has 20 heavy (non-hydrogen) atoms. The molecule has 0 saturated carbocycles. The van der Waals surface area contributed by atoms with Gasteiger partial charge >= 0.3 is 0 Å². The van der Waals surface area contributed by atoms with Gasteiger partial charge in [0.2, 0.25) is 0 Å². The molecule has 2 aromatic carbocycles. The van der Waals surface area contributed by atoms with Crippen LogP contribution in [-0.2, 0) is 0 Å². The summed E-state index contributed by atoms with van der Waals surface area (Å²) >= 11 is 1.55. The molecular formula is C15H13N3OS. The molecule has 3 N–H and O–H groups in total. The highest BCUT2D eigenvalue weighted by Crippen LogP contribution is 2.22. The summed E-state index contributed by atoms with van der Waals surface area (Å²) in [4.78, 5) is 16.4. The third-order valence-electron chi connectivity index (χ3n) is 2.95. The van der Waals surface area contributed by atoms with Crippen LogP contribution in [-0.4, -0.2) is 10.9 Å². The van der Waals surface area contributed by atoms with Gasteiger partial charge in [0, 0.05) is 16.9 Å². The fourth-order valence-electron chi connectivity index (χ4n) is 2.08. The van der Waals surface area contributed by atoms with Crippen LogP contribution in [0.1, 0.15) is 15.9 Å². The number of hydrogen-bond acceptors (Lipinski definition) is 4. The minimum Gasteiger partial charge on any atom is -0.399 e. The van der Waals surface area contributed by atoms with E-state index < -0.39 is 0 Å². The molecule has 1 heterocycles. The molecule has 4 nitrogen and oxygen atoms in total. The molecule has 3 aromatic rings. The van der Waals surface area contributed by atoms with Crippen LogP contribution in [0.4, 0.5) is 11.4 Å². The molecule has 0 saturated heterocycles. The van der Waals surface area contributed by atoms with E-state index in [1.807, 2.05) is 37.3 Å². The van der Waals surface area contributed by atoms with Gasteiger partial charge in [0.15, 0.2) is 0 Å². The molecule has 100 valence electrons. The molecule has 1 aromatic heterocycles. The fourth-order valence-corrected chi connectivity index (χ4v) is 2.80. The minimum absolute atomic E-state index is 0.163. The molecule has 5 heteroatoms. The highest BCUT2D eigenvalue weighted by Gasteiger charge is 2.08. The smallest absolute Gasteiger partial charge is 0.255 e. The van der Waals surface area contributed by atoms with Crippen molar-refractivity contribution in [1.82, 2.24) is 4.98 Å². The highest BCUT2D eigenvalue weighted by molar-refractivity contribution is 7.16. The zero-order chi connectivity index (χ0) is 14.1. The summed E-state index contributed by atoms with van der Waals surface area (Å²) in [5.41, 5.74) is 11.4. The average molecular weight is 283 g/mol. The molecule has 0 radical (unpaired) electrons.